The van der Waals surface area contributed by atoms with Crippen molar-refractivity contribution >= 4 is 5.78 Å². The van der Waals surface area contributed by atoms with E-state index in [2.05, 4.69) is 13.0 Å². The van der Waals surface area contributed by atoms with E-state index in [0.717, 1.165) is 57.8 Å². The molecule has 0 aromatic rings. The van der Waals surface area contributed by atoms with Crippen molar-refractivity contribution in [3.8, 4) is 0 Å². The zero-order chi connectivity index (χ0) is 18.0. The number of ether oxygens (including phenoxy) is 2. The van der Waals surface area contributed by atoms with E-state index in [-0.39, 0.29) is 17.4 Å². The zero-order valence-corrected chi connectivity index (χ0v) is 16.0. The molecule has 1 spiro atoms. The average Bonchev–Trinajstić information content (AvgIpc) is 3.21. The summed E-state index contributed by atoms with van der Waals surface area (Å²) in [6.45, 7) is 3.89. The lowest BCUT2D eigenvalue weighted by atomic mass is 9.46. The topological polar surface area (TPSA) is 55.8 Å². The van der Waals surface area contributed by atoms with Gasteiger partial charge in [0.05, 0.1) is 13.2 Å². The molecule has 26 heavy (non-hydrogen) atoms. The van der Waals surface area contributed by atoms with E-state index in [0.29, 0.717) is 36.8 Å². The molecule has 5 atom stereocenters. The third-order valence-corrected chi connectivity index (χ3v) is 8.92. The van der Waals surface area contributed by atoms with Crippen LogP contribution in [0.3, 0.4) is 0 Å². The summed E-state index contributed by atoms with van der Waals surface area (Å²) in [4.78, 5) is 12.6. The number of hydrogen-bond donors (Lipinski definition) is 1. The molecule has 3 saturated carbocycles. The molecule has 0 aromatic carbocycles. The monoisotopic (exact) mass is 360 g/mol. The fourth-order valence-electron chi connectivity index (χ4n) is 7.59. The van der Waals surface area contributed by atoms with Crippen LogP contribution < -0.4 is 0 Å². The van der Waals surface area contributed by atoms with E-state index < -0.39 is 5.79 Å². The minimum atomic E-state index is -0.399. The Morgan fingerprint density at radius 1 is 1.15 bits per heavy atom. The van der Waals surface area contributed by atoms with Crippen LogP contribution in [0.1, 0.15) is 64.7 Å². The van der Waals surface area contributed by atoms with E-state index in [1.807, 2.05) is 0 Å². The lowest BCUT2D eigenvalue weighted by Crippen LogP contribution is -2.53. The quantitative estimate of drug-likeness (QED) is 0.764. The van der Waals surface area contributed by atoms with Crippen molar-refractivity contribution in [2.45, 2.75) is 70.5 Å². The van der Waals surface area contributed by atoms with Crippen molar-refractivity contribution in [2.75, 3.05) is 19.8 Å². The molecule has 1 aliphatic heterocycles. The minimum absolute atomic E-state index is 0.0829. The van der Waals surface area contributed by atoms with Gasteiger partial charge in [0.15, 0.2) is 5.79 Å². The summed E-state index contributed by atoms with van der Waals surface area (Å²) < 4.78 is 12.0. The number of aliphatic hydroxyl groups is 1. The van der Waals surface area contributed by atoms with Gasteiger partial charge in [-0.3, -0.25) is 4.79 Å². The van der Waals surface area contributed by atoms with Gasteiger partial charge in [-0.05, 0) is 61.7 Å². The third kappa shape index (κ3) is 2.21. The number of fused-ring (bicyclic) bond motifs is 5. The predicted molar refractivity (Wildman–Crippen MR) is 97.4 cm³/mol. The Bertz CT molecular complexity index is 634. The van der Waals surface area contributed by atoms with Gasteiger partial charge in [-0.2, -0.15) is 0 Å². The smallest absolute Gasteiger partial charge is 0.172 e. The van der Waals surface area contributed by atoms with Crippen LogP contribution in [0.15, 0.2) is 11.6 Å². The van der Waals surface area contributed by atoms with Gasteiger partial charge in [0.2, 0.25) is 0 Å². The number of ketones is 1. The van der Waals surface area contributed by atoms with E-state index in [4.69, 9.17) is 9.47 Å². The summed E-state index contributed by atoms with van der Waals surface area (Å²) in [6.07, 6.45) is 11.3. The highest BCUT2D eigenvalue weighted by molar-refractivity contribution is 5.87. The van der Waals surface area contributed by atoms with Gasteiger partial charge >= 0.3 is 0 Å². The Labute approximate surface area is 156 Å². The fraction of sp³-hybridized carbons (Fsp3) is 0.864. The standard InChI is InChI=1S/C22H32O4/c1-20-7-6-18-16(17(20)4-5-19(20)24)3-2-15-14-22(25-12-13-26-22)9-8-21(15,18)10-11-23/h2,16-18,23H,3-14H2,1H3/t16-,17-,18-,20-,21+/m0/s1. The summed E-state index contributed by atoms with van der Waals surface area (Å²) >= 11 is 0. The molecule has 0 radical (unpaired) electrons. The van der Waals surface area contributed by atoms with Crippen molar-refractivity contribution in [1.82, 2.24) is 0 Å². The Hall–Kier alpha value is -0.710. The first-order valence-corrected chi connectivity index (χ1v) is 10.6. The minimum Gasteiger partial charge on any atom is -0.396 e. The second-order valence-electron chi connectivity index (χ2n) is 9.67. The number of rotatable bonds is 2. The fourth-order valence-corrected chi connectivity index (χ4v) is 7.59. The molecule has 1 N–H and O–H groups in total. The van der Waals surface area contributed by atoms with Crippen LogP contribution in [0.25, 0.3) is 0 Å². The summed E-state index contributed by atoms with van der Waals surface area (Å²) in [7, 11) is 0. The molecule has 0 unspecified atom stereocenters. The Balaban J connectivity index is 1.50. The molecule has 5 rings (SSSR count). The van der Waals surface area contributed by atoms with Crippen LogP contribution in [0, 0.1) is 28.6 Å². The third-order valence-electron chi connectivity index (χ3n) is 8.92. The molecule has 5 aliphatic rings. The molecule has 4 fully saturated rings. The maximum atomic E-state index is 12.6. The first kappa shape index (κ1) is 17.4. The van der Waals surface area contributed by atoms with Gasteiger partial charge in [-0.1, -0.05) is 18.6 Å². The molecule has 0 amide bonds. The van der Waals surface area contributed by atoms with E-state index in [1.54, 1.807) is 0 Å². The molecule has 0 aromatic heterocycles. The highest BCUT2D eigenvalue weighted by atomic mass is 16.7. The number of carbonyl (C=O) groups is 1. The lowest BCUT2D eigenvalue weighted by Gasteiger charge is -2.59. The van der Waals surface area contributed by atoms with Gasteiger partial charge in [-0.25, -0.2) is 0 Å². The number of hydrogen-bond acceptors (Lipinski definition) is 4. The van der Waals surface area contributed by atoms with Crippen LogP contribution >= 0.6 is 0 Å². The van der Waals surface area contributed by atoms with Crippen LogP contribution in [-0.2, 0) is 14.3 Å². The van der Waals surface area contributed by atoms with Gasteiger partial charge < -0.3 is 14.6 Å². The van der Waals surface area contributed by atoms with Crippen LogP contribution in [0.4, 0.5) is 0 Å². The number of allylic oxidation sites excluding steroid dienone is 1. The number of aliphatic hydroxyl groups excluding tert-OH is 1. The summed E-state index contributed by atoms with van der Waals surface area (Å²) in [5.74, 6) is 1.86. The normalized spacial score (nSPS) is 46.6. The summed E-state index contributed by atoms with van der Waals surface area (Å²) in [5, 5.41) is 9.94. The summed E-state index contributed by atoms with van der Waals surface area (Å²) in [5.41, 5.74) is 1.50. The largest absolute Gasteiger partial charge is 0.396 e. The van der Waals surface area contributed by atoms with E-state index >= 15 is 0 Å². The number of carbonyl (C=O) groups excluding carboxylic acids is 1. The van der Waals surface area contributed by atoms with Gasteiger partial charge in [0, 0.05) is 31.3 Å². The first-order chi connectivity index (χ1) is 12.5. The van der Waals surface area contributed by atoms with E-state index in [9.17, 15) is 9.90 Å². The maximum Gasteiger partial charge on any atom is 0.172 e. The maximum absolute atomic E-state index is 12.6. The Kier molecular flexibility index (Phi) is 3.94. The van der Waals surface area contributed by atoms with Crippen molar-refractivity contribution in [1.29, 1.82) is 0 Å². The van der Waals surface area contributed by atoms with Crippen molar-refractivity contribution in [3.05, 3.63) is 11.6 Å². The number of Topliss-reactive ketones (excluding diaryl/α,β-unsaturated/α-hetero) is 1. The lowest BCUT2D eigenvalue weighted by molar-refractivity contribution is -0.188. The highest BCUT2D eigenvalue weighted by Gasteiger charge is 2.61. The molecule has 0 bridgehead atoms. The molecule has 4 nitrogen and oxygen atoms in total. The van der Waals surface area contributed by atoms with Crippen molar-refractivity contribution in [3.63, 3.8) is 0 Å². The van der Waals surface area contributed by atoms with Gasteiger partial charge in [0.1, 0.15) is 5.78 Å². The predicted octanol–water partition coefficient (Wildman–Crippen LogP) is 3.62. The molecular formula is C22H32O4. The van der Waals surface area contributed by atoms with Crippen LogP contribution in [0.2, 0.25) is 0 Å². The Morgan fingerprint density at radius 2 is 1.96 bits per heavy atom. The second-order valence-corrected chi connectivity index (χ2v) is 9.67. The molecule has 1 heterocycles. The van der Waals surface area contributed by atoms with Crippen LogP contribution in [-0.4, -0.2) is 36.5 Å². The van der Waals surface area contributed by atoms with Crippen molar-refractivity contribution in [2.24, 2.45) is 28.6 Å². The average molecular weight is 360 g/mol. The van der Waals surface area contributed by atoms with Gasteiger partial charge in [0.25, 0.3) is 0 Å². The molecule has 1 saturated heterocycles. The van der Waals surface area contributed by atoms with E-state index in [1.165, 1.54) is 5.57 Å². The SMILES string of the molecule is C[C@]12CC[C@H]3[C@@H](CC=C4CC5(CC[C@@]43CCO)OCCO5)[C@@H]1CCC2=O. The first-order valence-electron chi connectivity index (χ1n) is 10.6. The zero-order valence-electron chi connectivity index (χ0n) is 16.0. The van der Waals surface area contributed by atoms with Crippen molar-refractivity contribution < 1.29 is 19.4 Å². The highest BCUT2D eigenvalue weighted by Crippen LogP contribution is 2.66. The molecule has 4 aliphatic carbocycles. The van der Waals surface area contributed by atoms with Crippen LogP contribution in [0.5, 0.6) is 0 Å². The van der Waals surface area contributed by atoms with Gasteiger partial charge in [-0.15, -0.1) is 0 Å². The molecular weight excluding hydrogens is 328 g/mol. The summed E-state index contributed by atoms with van der Waals surface area (Å²) in [6, 6.07) is 0. The molecule has 144 valence electrons. The second kappa shape index (κ2) is 5.89. The Morgan fingerprint density at radius 3 is 2.73 bits per heavy atom. The molecule has 4 heteroatoms.